The fourth-order valence-electron chi connectivity index (χ4n) is 0.175. The third-order valence-electron chi connectivity index (χ3n) is 0.386. The lowest BCUT2D eigenvalue weighted by molar-refractivity contribution is 0.420. The molecule has 8 heavy (non-hydrogen) atoms. The first-order chi connectivity index (χ1) is 3.42. The Morgan fingerprint density at radius 1 is 1.38 bits per heavy atom. The summed E-state index contributed by atoms with van der Waals surface area (Å²) in [6.07, 6.45) is 0.326. The molecule has 0 N–H and O–H groups in total. The first kappa shape index (κ1) is 9.85. The van der Waals surface area contributed by atoms with Crippen LogP contribution in [0.5, 0.6) is 0 Å². The maximum Gasteiger partial charge on any atom is 0.220 e. The Labute approximate surface area is 81.1 Å². The molecule has 0 aromatic carbocycles. The molecular formula is C3H3Br4F. The molecule has 0 bridgehead atoms. The highest BCUT2D eigenvalue weighted by molar-refractivity contribution is 9.26. The maximum absolute atomic E-state index is 12.4. The molecule has 0 atom stereocenters. The molecule has 0 heterocycles. The summed E-state index contributed by atoms with van der Waals surface area (Å²) in [5.74, 6) is 0. The van der Waals surface area contributed by atoms with Gasteiger partial charge in [0.15, 0.2) is 0 Å². The number of alkyl halides is 5. The third kappa shape index (κ3) is 7.85. The smallest absolute Gasteiger partial charge is 0.219 e. The molecule has 0 aliphatic heterocycles. The van der Waals surface area contributed by atoms with Crippen molar-refractivity contribution in [3.8, 4) is 0 Å². The van der Waals surface area contributed by atoms with E-state index in [-0.39, 0.29) is 3.74 Å². The molecule has 50 valence electrons. The lowest BCUT2D eigenvalue weighted by Gasteiger charge is -2.09. The Morgan fingerprint density at radius 3 is 1.75 bits per heavy atom. The highest BCUT2D eigenvalue weighted by Gasteiger charge is 2.23. The van der Waals surface area contributed by atoms with Gasteiger partial charge in [-0.1, -0.05) is 31.9 Å². The molecular weight excluding hydrogens is 375 g/mol. The van der Waals surface area contributed by atoms with Crippen LogP contribution in [-0.2, 0) is 0 Å². The van der Waals surface area contributed by atoms with Crippen LogP contribution in [0.15, 0.2) is 0 Å². The number of hydrogen-bond acceptors (Lipinski definition) is 0. The van der Waals surface area contributed by atoms with Crippen molar-refractivity contribution in [2.45, 2.75) is 13.6 Å². The number of hydrogen-bond donors (Lipinski definition) is 0. The SMILES string of the molecule is FC(Br)(Br)CC(Br)Br. The molecule has 0 aromatic heterocycles. The van der Waals surface area contributed by atoms with Crippen molar-refractivity contribution in [3.63, 3.8) is 0 Å². The normalized spacial score (nSPS) is 12.8. The third-order valence-corrected chi connectivity index (χ3v) is 1.68. The van der Waals surface area contributed by atoms with Gasteiger partial charge in [0.1, 0.15) is 0 Å². The summed E-state index contributed by atoms with van der Waals surface area (Å²) in [6, 6.07) is 0. The minimum Gasteiger partial charge on any atom is -0.219 e. The second kappa shape index (κ2) is 3.88. The standard InChI is InChI=1S/C3H3Br4F/c4-2(5)1-3(6,7)8/h2H,1H2. The van der Waals surface area contributed by atoms with Crippen LogP contribution in [0.4, 0.5) is 4.39 Å². The second-order valence-electron chi connectivity index (χ2n) is 1.21. The quantitative estimate of drug-likeness (QED) is 0.640. The van der Waals surface area contributed by atoms with E-state index >= 15 is 0 Å². The summed E-state index contributed by atoms with van der Waals surface area (Å²) in [7, 11) is 0. The van der Waals surface area contributed by atoms with E-state index < -0.39 is 3.49 Å². The van der Waals surface area contributed by atoms with Crippen LogP contribution >= 0.6 is 63.7 Å². The van der Waals surface area contributed by atoms with Crippen molar-refractivity contribution < 1.29 is 4.39 Å². The van der Waals surface area contributed by atoms with E-state index in [1.807, 2.05) is 0 Å². The fraction of sp³-hybridized carbons (Fsp3) is 1.00. The fourth-order valence-corrected chi connectivity index (χ4v) is 3.45. The maximum atomic E-state index is 12.4. The summed E-state index contributed by atoms with van der Waals surface area (Å²) in [5, 5.41) is 0. The predicted octanol–water partition coefficient (Wildman–Crippen LogP) is 3.91. The highest BCUT2D eigenvalue weighted by Crippen LogP contribution is 2.36. The van der Waals surface area contributed by atoms with Gasteiger partial charge in [-0.25, -0.2) is 4.39 Å². The van der Waals surface area contributed by atoms with Gasteiger partial charge in [-0.3, -0.25) is 0 Å². The number of rotatable bonds is 2. The van der Waals surface area contributed by atoms with Crippen molar-refractivity contribution in [2.75, 3.05) is 0 Å². The van der Waals surface area contributed by atoms with Crippen molar-refractivity contribution >= 4 is 63.7 Å². The van der Waals surface area contributed by atoms with Gasteiger partial charge in [0.05, 0.1) is 3.74 Å². The summed E-state index contributed by atoms with van der Waals surface area (Å²) >= 11 is 11.8. The second-order valence-corrected chi connectivity index (χ2v) is 8.23. The first-order valence-corrected chi connectivity index (χ1v) is 5.18. The van der Waals surface area contributed by atoms with Gasteiger partial charge < -0.3 is 0 Å². The summed E-state index contributed by atoms with van der Waals surface area (Å²) in [4.78, 5) is 0. The van der Waals surface area contributed by atoms with Gasteiger partial charge in [-0.15, -0.1) is 0 Å². The monoisotopic (exact) mass is 374 g/mol. The first-order valence-electron chi connectivity index (χ1n) is 1.77. The van der Waals surface area contributed by atoms with Crippen LogP contribution in [0.25, 0.3) is 0 Å². The van der Waals surface area contributed by atoms with E-state index in [9.17, 15) is 4.39 Å². The molecule has 0 saturated carbocycles. The van der Waals surface area contributed by atoms with Crippen molar-refractivity contribution in [2.24, 2.45) is 0 Å². The van der Waals surface area contributed by atoms with E-state index in [2.05, 4.69) is 63.7 Å². The Kier molecular flexibility index (Phi) is 4.78. The van der Waals surface area contributed by atoms with Crippen LogP contribution in [0.1, 0.15) is 6.42 Å². The topological polar surface area (TPSA) is 0 Å². The van der Waals surface area contributed by atoms with Crippen LogP contribution in [0.3, 0.4) is 0 Å². The average molecular weight is 378 g/mol. The van der Waals surface area contributed by atoms with E-state index in [0.717, 1.165) is 0 Å². The van der Waals surface area contributed by atoms with Crippen molar-refractivity contribution in [1.82, 2.24) is 0 Å². The zero-order valence-electron chi connectivity index (χ0n) is 3.67. The molecule has 5 heteroatoms. The lowest BCUT2D eigenvalue weighted by Crippen LogP contribution is -2.05. The lowest BCUT2D eigenvalue weighted by atomic mass is 10.6. The summed E-state index contributed by atoms with van der Waals surface area (Å²) in [6.45, 7) is 0. The van der Waals surface area contributed by atoms with Gasteiger partial charge in [-0.05, 0) is 31.9 Å². The zero-order valence-corrected chi connectivity index (χ0v) is 10.0. The molecule has 0 fully saturated rings. The van der Waals surface area contributed by atoms with Gasteiger partial charge in [0, 0.05) is 6.42 Å². The van der Waals surface area contributed by atoms with Crippen LogP contribution in [0, 0.1) is 0 Å². The molecule has 0 aromatic rings. The van der Waals surface area contributed by atoms with Crippen LogP contribution < -0.4 is 0 Å². The molecule has 0 amide bonds. The van der Waals surface area contributed by atoms with Crippen molar-refractivity contribution in [3.05, 3.63) is 0 Å². The molecule has 0 spiro atoms. The summed E-state index contributed by atoms with van der Waals surface area (Å²) in [5.41, 5.74) is 0. The molecule has 0 aliphatic carbocycles. The molecule has 0 aliphatic rings. The average Bonchev–Trinajstić information content (AvgIpc) is 1.21. The molecule has 0 rings (SSSR count). The predicted molar refractivity (Wildman–Crippen MR) is 48.0 cm³/mol. The molecule has 0 saturated heterocycles. The zero-order chi connectivity index (χ0) is 6.78. The highest BCUT2D eigenvalue weighted by atomic mass is 79.9. The van der Waals surface area contributed by atoms with E-state index in [1.165, 1.54) is 0 Å². The van der Waals surface area contributed by atoms with Gasteiger partial charge in [-0.2, -0.15) is 0 Å². The minimum absolute atomic E-state index is 0.00116. The van der Waals surface area contributed by atoms with E-state index in [1.54, 1.807) is 0 Å². The van der Waals surface area contributed by atoms with Gasteiger partial charge in [0.25, 0.3) is 0 Å². The van der Waals surface area contributed by atoms with Gasteiger partial charge >= 0.3 is 0 Å². The molecule has 0 unspecified atom stereocenters. The van der Waals surface area contributed by atoms with E-state index in [0.29, 0.717) is 6.42 Å². The Morgan fingerprint density at radius 2 is 1.75 bits per heavy atom. The van der Waals surface area contributed by atoms with E-state index in [4.69, 9.17) is 0 Å². The largest absolute Gasteiger partial charge is 0.220 e. The van der Waals surface area contributed by atoms with Crippen LogP contribution in [0.2, 0.25) is 0 Å². The molecule has 0 nitrogen and oxygen atoms in total. The Balaban J connectivity index is 3.39. The minimum atomic E-state index is -1.45. The van der Waals surface area contributed by atoms with Gasteiger partial charge in [0.2, 0.25) is 3.49 Å². The Hall–Kier alpha value is 1.85. The van der Waals surface area contributed by atoms with Crippen molar-refractivity contribution in [1.29, 1.82) is 0 Å². The van der Waals surface area contributed by atoms with Crippen LogP contribution in [-0.4, -0.2) is 7.22 Å². The Bertz CT molecular complexity index is 66.2. The summed E-state index contributed by atoms with van der Waals surface area (Å²) < 4.78 is 11.0. The number of halogens is 5. The molecule has 0 radical (unpaired) electrons.